The van der Waals surface area contributed by atoms with Crippen LogP contribution in [0.2, 0.25) is 5.15 Å². The van der Waals surface area contributed by atoms with Crippen molar-refractivity contribution in [3.05, 3.63) is 22.8 Å². The Balaban J connectivity index is 1.97. The third kappa shape index (κ3) is 3.58. The molecule has 1 aromatic rings. The lowest BCUT2D eigenvalue weighted by atomic mass is 10.1. The number of halogens is 1. The van der Waals surface area contributed by atoms with Crippen molar-refractivity contribution in [2.24, 2.45) is 0 Å². The van der Waals surface area contributed by atoms with E-state index in [0.29, 0.717) is 6.61 Å². The summed E-state index contributed by atoms with van der Waals surface area (Å²) < 4.78 is 10.9. The van der Waals surface area contributed by atoms with Gasteiger partial charge in [0, 0.05) is 12.7 Å². The summed E-state index contributed by atoms with van der Waals surface area (Å²) in [6.07, 6.45) is 3.20. The van der Waals surface area contributed by atoms with Crippen LogP contribution in [0.3, 0.4) is 0 Å². The summed E-state index contributed by atoms with van der Waals surface area (Å²) in [5.74, 6) is -0.841. The van der Waals surface area contributed by atoms with E-state index in [0.717, 1.165) is 25.9 Å². The summed E-state index contributed by atoms with van der Waals surface area (Å²) in [6, 6.07) is 2.64. The lowest BCUT2D eigenvalue weighted by Gasteiger charge is -2.22. The van der Waals surface area contributed by atoms with Gasteiger partial charge in [-0.2, -0.15) is 0 Å². The second-order valence-electron chi connectivity index (χ2n) is 4.12. The molecule has 2 rings (SSSR count). The fraction of sp³-hybridized carbons (Fsp3) is 0.500. The average molecular weight is 272 g/mol. The molecule has 0 spiro atoms. The average Bonchev–Trinajstić information content (AvgIpc) is 2.37. The monoisotopic (exact) mass is 271 g/mol. The number of aromatic nitrogens is 1. The van der Waals surface area contributed by atoms with Gasteiger partial charge in [-0.25, -0.2) is 9.78 Å². The van der Waals surface area contributed by atoms with Gasteiger partial charge in [0.05, 0.1) is 11.7 Å². The number of ether oxygens (including phenoxy) is 2. The van der Waals surface area contributed by atoms with Crippen molar-refractivity contribution in [1.82, 2.24) is 4.98 Å². The van der Waals surface area contributed by atoms with Crippen molar-refractivity contribution in [3.8, 4) is 5.88 Å². The van der Waals surface area contributed by atoms with E-state index >= 15 is 0 Å². The van der Waals surface area contributed by atoms with E-state index in [4.69, 9.17) is 26.2 Å². The molecule has 0 amide bonds. The fourth-order valence-electron chi connectivity index (χ4n) is 1.79. The van der Waals surface area contributed by atoms with Gasteiger partial charge in [0.1, 0.15) is 11.8 Å². The van der Waals surface area contributed by atoms with E-state index in [9.17, 15) is 4.79 Å². The van der Waals surface area contributed by atoms with E-state index in [1.54, 1.807) is 0 Å². The molecule has 1 aliphatic rings. The number of pyridine rings is 1. The Kier molecular flexibility index (Phi) is 4.38. The first-order valence-electron chi connectivity index (χ1n) is 5.80. The SMILES string of the molecule is O=C(O)c1cc(Cl)nc(OCC2CCCCO2)c1. The van der Waals surface area contributed by atoms with Crippen molar-refractivity contribution < 1.29 is 19.4 Å². The number of carboxylic acid groups (broad SMARTS) is 1. The largest absolute Gasteiger partial charge is 0.478 e. The molecule has 1 unspecified atom stereocenters. The predicted octanol–water partition coefficient (Wildman–Crippen LogP) is 2.38. The summed E-state index contributed by atoms with van der Waals surface area (Å²) in [6.45, 7) is 1.11. The number of hydrogen-bond acceptors (Lipinski definition) is 4. The molecule has 1 fully saturated rings. The number of hydrogen-bond donors (Lipinski definition) is 1. The molecular weight excluding hydrogens is 258 g/mol. The van der Waals surface area contributed by atoms with Crippen LogP contribution < -0.4 is 4.74 Å². The summed E-state index contributed by atoms with van der Waals surface area (Å²) in [7, 11) is 0. The molecule has 1 atom stereocenters. The van der Waals surface area contributed by atoms with Gasteiger partial charge in [-0.3, -0.25) is 0 Å². The van der Waals surface area contributed by atoms with Crippen LogP contribution in [0.5, 0.6) is 5.88 Å². The molecule has 0 bridgehead atoms. The second kappa shape index (κ2) is 6.02. The number of rotatable bonds is 4. The minimum atomic E-state index is -1.06. The number of carbonyl (C=O) groups is 1. The summed E-state index contributed by atoms with van der Waals surface area (Å²) in [5.41, 5.74) is 0.0644. The molecule has 2 heterocycles. The molecule has 1 N–H and O–H groups in total. The maximum atomic E-state index is 10.8. The lowest BCUT2D eigenvalue weighted by molar-refractivity contribution is -0.0119. The Hall–Kier alpha value is -1.33. The van der Waals surface area contributed by atoms with E-state index < -0.39 is 5.97 Å². The van der Waals surface area contributed by atoms with E-state index in [1.807, 2.05) is 0 Å². The molecule has 0 saturated carbocycles. The zero-order valence-corrected chi connectivity index (χ0v) is 10.5. The number of nitrogens with zero attached hydrogens (tertiary/aromatic N) is 1. The molecule has 5 nitrogen and oxygen atoms in total. The molecule has 0 radical (unpaired) electrons. The standard InChI is InChI=1S/C12H14ClNO4/c13-10-5-8(12(15)16)6-11(14-10)18-7-9-3-1-2-4-17-9/h5-6,9H,1-4,7H2,(H,15,16). The van der Waals surface area contributed by atoms with Gasteiger partial charge >= 0.3 is 5.97 Å². The third-order valence-corrected chi connectivity index (χ3v) is 2.90. The highest BCUT2D eigenvalue weighted by Crippen LogP contribution is 2.18. The number of carboxylic acids is 1. The molecule has 98 valence electrons. The van der Waals surface area contributed by atoms with Gasteiger partial charge in [-0.15, -0.1) is 0 Å². The Morgan fingerprint density at radius 3 is 3.06 bits per heavy atom. The van der Waals surface area contributed by atoms with Crippen molar-refractivity contribution >= 4 is 17.6 Å². The third-order valence-electron chi connectivity index (χ3n) is 2.71. The smallest absolute Gasteiger partial charge is 0.335 e. The molecule has 0 aromatic carbocycles. The van der Waals surface area contributed by atoms with Crippen LogP contribution in [-0.4, -0.2) is 35.4 Å². The Morgan fingerprint density at radius 1 is 1.56 bits per heavy atom. The predicted molar refractivity (Wildman–Crippen MR) is 65.3 cm³/mol. The molecule has 18 heavy (non-hydrogen) atoms. The van der Waals surface area contributed by atoms with Crippen molar-refractivity contribution in [2.75, 3.05) is 13.2 Å². The number of aromatic carboxylic acids is 1. The normalized spacial score (nSPS) is 19.5. The maximum Gasteiger partial charge on any atom is 0.335 e. The Morgan fingerprint density at radius 2 is 2.39 bits per heavy atom. The van der Waals surface area contributed by atoms with Crippen LogP contribution >= 0.6 is 11.6 Å². The maximum absolute atomic E-state index is 10.8. The van der Waals surface area contributed by atoms with Gasteiger partial charge < -0.3 is 14.6 Å². The van der Waals surface area contributed by atoms with Gasteiger partial charge in [0.15, 0.2) is 0 Å². The Bertz CT molecular complexity index is 432. The molecular formula is C12H14ClNO4. The first-order chi connectivity index (χ1) is 8.65. The zero-order chi connectivity index (χ0) is 13.0. The van der Waals surface area contributed by atoms with Gasteiger partial charge in [-0.05, 0) is 25.3 Å². The van der Waals surface area contributed by atoms with Crippen molar-refractivity contribution in [3.63, 3.8) is 0 Å². The quantitative estimate of drug-likeness (QED) is 0.852. The van der Waals surface area contributed by atoms with Crippen molar-refractivity contribution in [1.29, 1.82) is 0 Å². The van der Waals surface area contributed by atoms with E-state index in [2.05, 4.69) is 4.98 Å². The summed E-state index contributed by atoms with van der Waals surface area (Å²) >= 11 is 5.73. The molecule has 0 aliphatic carbocycles. The minimum Gasteiger partial charge on any atom is -0.478 e. The zero-order valence-electron chi connectivity index (χ0n) is 9.76. The topological polar surface area (TPSA) is 68.7 Å². The highest BCUT2D eigenvalue weighted by atomic mass is 35.5. The highest BCUT2D eigenvalue weighted by molar-refractivity contribution is 6.29. The summed E-state index contributed by atoms with van der Waals surface area (Å²) in [4.78, 5) is 14.8. The van der Waals surface area contributed by atoms with Crippen LogP contribution in [-0.2, 0) is 4.74 Å². The molecule has 1 saturated heterocycles. The van der Waals surface area contributed by atoms with Crippen molar-refractivity contribution in [2.45, 2.75) is 25.4 Å². The van der Waals surface area contributed by atoms with Gasteiger partial charge in [0.25, 0.3) is 0 Å². The van der Waals surface area contributed by atoms with Gasteiger partial charge in [0.2, 0.25) is 5.88 Å². The van der Waals surface area contributed by atoms with E-state index in [-0.39, 0.29) is 22.7 Å². The van der Waals surface area contributed by atoms with Crippen LogP contribution in [0.25, 0.3) is 0 Å². The second-order valence-corrected chi connectivity index (χ2v) is 4.51. The van der Waals surface area contributed by atoms with Crippen LogP contribution in [0.4, 0.5) is 0 Å². The Labute approximate surface area is 110 Å². The lowest BCUT2D eigenvalue weighted by Crippen LogP contribution is -2.26. The highest BCUT2D eigenvalue weighted by Gasteiger charge is 2.15. The fourth-order valence-corrected chi connectivity index (χ4v) is 1.99. The first kappa shape index (κ1) is 13.1. The van der Waals surface area contributed by atoms with Crippen LogP contribution in [0.1, 0.15) is 29.6 Å². The van der Waals surface area contributed by atoms with Crippen LogP contribution in [0.15, 0.2) is 12.1 Å². The summed E-state index contributed by atoms with van der Waals surface area (Å²) in [5, 5.41) is 8.99. The molecule has 1 aromatic heterocycles. The minimum absolute atomic E-state index is 0.0489. The molecule has 6 heteroatoms. The van der Waals surface area contributed by atoms with Gasteiger partial charge in [-0.1, -0.05) is 11.6 Å². The van der Waals surface area contributed by atoms with E-state index in [1.165, 1.54) is 12.1 Å². The first-order valence-corrected chi connectivity index (χ1v) is 6.18. The van der Waals surface area contributed by atoms with Crippen LogP contribution in [0, 0.1) is 0 Å². The molecule has 1 aliphatic heterocycles.